The van der Waals surface area contributed by atoms with Crippen LogP contribution in [0.4, 0.5) is 19.0 Å². The first-order valence-electron chi connectivity index (χ1n) is 4.19. The summed E-state index contributed by atoms with van der Waals surface area (Å²) in [6.45, 7) is 0. The summed E-state index contributed by atoms with van der Waals surface area (Å²) in [6.07, 6.45) is -3.19. The van der Waals surface area contributed by atoms with Crippen molar-refractivity contribution in [2.24, 2.45) is 0 Å². The van der Waals surface area contributed by atoms with E-state index in [0.717, 1.165) is 6.20 Å². The Balaban J connectivity index is 2.78. The smallest absolute Gasteiger partial charge is 0.358 e. The number of hydrogen-bond acceptors (Lipinski definition) is 3. The van der Waals surface area contributed by atoms with E-state index in [1.165, 1.54) is 0 Å². The number of aromatic nitrogens is 2. The minimum absolute atomic E-state index is 0.0913. The molecule has 0 aliphatic heterocycles. The van der Waals surface area contributed by atoms with Crippen LogP contribution in [0, 0.1) is 10.1 Å². The third kappa shape index (κ3) is 1.91. The molecule has 0 bridgehead atoms. The fraction of sp³-hybridized carbons (Fsp3) is 0.125. The number of alkyl halides is 3. The molecule has 2 aromatic rings. The van der Waals surface area contributed by atoms with E-state index in [-0.39, 0.29) is 10.7 Å². The lowest BCUT2D eigenvalue weighted by Gasteiger charge is -2.05. The molecule has 0 aliphatic carbocycles. The predicted molar refractivity (Wildman–Crippen MR) is 51.9 cm³/mol. The zero-order valence-electron chi connectivity index (χ0n) is 7.90. The van der Waals surface area contributed by atoms with Crippen molar-refractivity contribution >= 4 is 23.1 Å². The molecule has 0 saturated carbocycles. The van der Waals surface area contributed by atoms with Crippen molar-refractivity contribution < 1.29 is 18.1 Å². The van der Waals surface area contributed by atoms with Crippen molar-refractivity contribution in [3.63, 3.8) is 0 Å². The maximum atomic E-state index is 12.5. The van der Waals surface area contributed by atoms with Crippen molar-refractivity contribution in [1.82, 2.24) is 9.38 Å². The van der Waals surface area contributed by atoms with Gasteiger partial charge in [0.2, 0.25) is 5.65 Å². The summed E-state index contributed by atoms with van der Waals surface area (Å²) < 4.78 is 38.1. The molecule has 2 rings (SSSR count). The number of nitrogens with zero attached hydrogens (tertiary/aromatic N) is 3. The van der Waals surface area contributed by atoms with Crippen LogP contribution in [0.5, 0.6) is 0 Å². The molecule has 0 N–H and O–H groups in total. The van der Waals surface area contributed by atoms with E-state index in [2.05, 4.69) is 4.98 Å². The van der Waals surface area contributed by atoms with Crippen LogP contribution in [-0.4, -0.2) is 14.3 Å². The molecular weight excluding hydrogens is 263 g/mol. The summed E-state index contributed by atoms with van der Waals surface area (Å²) in [7, 11) is 0. The zero-order valence-corrected chi connectivity index (χ0v) is 8.66. The lowest BCUT2D eigenvalue weighted by atomic mass is 10.3. The molecule has 0 saturated heterocycles. The van der Waals surface area contributed by atoms with E-state index in [9.17, 15) is 23.3 Å². The number of fused-ring (bicyclic) bond motifs is 1. The highest BCUT2D eigenvalue weighted by atomic mass is 35.5. The van der Waals surface area contributed by atoms with Gasteiger partial charge in [-0.2, -0.15) is 17.6 Å². The van der Waals surface area contributed by atoms with E-state index in [1.807, 2.05) is 0 Å². The SMILES string of the molecule is O=[N+]([O-])c1cnc2c(Cl)cc(C(F)(F)F)cn12. The third-order valence-corrected chi connectivity index (χ3v) is 2.33. The maximum Gasteiger partial charge on any atom is 0.419 e. The van der Waals surface area contributed by atoms with E-state index in [4.69, 9.17) is 11.6 Å². The molecule has 0 radical (unpaired) electrons. The summed E-state index contributed by atoms with van der Waals surface area (Å²) in [5.74, 6) is -0.576. The molecule has 0 aromatic carbocycles. The summed E-state index contributed by atoms with van der Waals surface area (Å²) in [6, 6.07) is 0.674. The van der Waals surface area contributed by atoms with Gasteiger partial charge in [0.1, 0.15) is 17.4 Å². The van der Waals surface area contributed by atoms with Gasteiger partial charge < -0.3 is 10.1 Å². The first kappa shape index (κ1) is 11.6. The Kier molecular flexibility index (Phi) is 2.46. The molecule has 17 heavy (non-hydrogen) atoms. The second-order valence-electron chi connectivity index (χ2n) is 3.14. The average Bonchev–Trinajstić information content (AvgIpc) is 2.60. The molecule has 9 heteroatoms. The van der Waals surface area contributed by atoms with Gasteiger partial charge in [-0.05, 0) is 11.0 Å². The second-order valence-corrected chi connectivity index (χ2v) is 3.55. The van der Waals surface area contributed by atoms with Gasteiger partial charge in [-0.1, -0.05) is 11.6 Å². The lowest BCUT2D eigenvalue weighted by Crippen LogP contribution is -2.07. The Hall–Kier alpha value is -1.83. The van der Waals surface area contributed by atoms with Gasteiger partial charge in [0.25, 0.3) is 0 Å². The quantitative estimate of drug-likeness (QED) is 0.588. The van der Waals surface area contributed by atoms with Crippen LogP contribution in [0.15, 0.2) is 18.5 Å². The van der Waals surface area contributed by atoms with Crippen LogP contribution in [0.3, 0.4) is 0 Å². The summed E-state index contributed by atoms with van der Waals surface area (Å²) in [4.78, 5) is 13.3. The Morgan fingerprint density at radius 1 is 1.47 bits per heavy atom. The predicted octanol–water partition coefficient (Wildman–Crippen LogP) is 2.91. The topological polar surface area (TPSA) is 60.4 Å². The van der Waals surface area contributed by atoms with Crippen LogP contribution in [0.2, 0.25) is 5.02 Å². The van der Waals surface area contributed by atoms with Gasteiger partial charge >= 0.3 is 12.0 Å². The van der Waals surface area contributed by atoms with E-state index in [0.29, 0.717) is 16.7 Å². The minimum atomic E-state index is -4.63. The van der Waals surface area contributed by atoms with E-state index < -0.39 is 22.5 Å². The van der Waals surface area contributed by atoms with Crippen molar-refractivity contribution in [2.45, 2.75) is 6.18 Å². The zero-order chi connectivity index (χ0) is 12.8. The monoisotopic (exact) mass is 265 g/mol. The molecule has 2 heterocycles. The average molecular weight is 266 g/mol. The normalized spacial score (nSPS) is 12.0. The van der Waals surface area contributed by atoms with E-state index >= 15 is 0 Å². The van der Waals surface area contributed by atoms with Gasteiger partial charge in [0.15, 0.2) is 0 Å². The molecule has 5 nitrogen and oxygen atoms in total. The standard InChI is InChI=1S/C8H3ClF3N3O2/c9-5-1-4(8(10,11)12)3-14-6(15(16)17)2-13-7(5)14/h1-3H. The molecule has 90 valence electrons. The maximum absolute atomic E-state index is 12.5. The van der Waals surface area contributed by atoms with Crippen LogP contribution >= 0.6 is 11.6 Å². The first-order chi connectivity index (χ1) is 7.80. The first-order valence-corrected chi connectivity index (χ1v) is 4.56. The van der Waals surface area contributed by atoms with Crippen molar-refractivity contribution in [3.8, 4) is 0 Å². The fourth-order valence-corrected chi connectivity index (χ4v) is 1.58. The molecule has 0 unspecified atom stereocenters. The Morgan fingerprint density at radius 2 is 2.12 bits per heavy atom. The van der Waals surface area contributed by atoms with Crippen LogP contribution < -0.4 is 0 Å². The molecule has 0 amide bonds. The highest BCUT2D eigenvalue weighted by molar-refractivity contribution is 6.33. The Labute approximate surface area is 96.6 Å². The number of nitro groups is 1. The largest absolute Gasteiger partial charge is 0.419 e. The lowest BCUT2D eigenvalue weighted by molar-refractivity contribution is -0.390. The van der Waals surface area contributed by atoms with Gasteiger partial charge in [-0.15, -0.1) is 0 Å². The van der Waals surface area contributed by atoms with Crippen molar-refractivity contribution in [1.29, 1.82) is 0 Å². The number of rotatable bonds is 1. The summed E-state index contributed by atoms with van der Waals surface area (Å²) in [5, 5.41) is 10.3. The van der Waals surface area contributed by atoms with Crippen LogP contribution in [0.25, 0.3) is 5.65 Å². The summed E-state index contributed by atoms with van der Waals surface area (Å²) >= 11 is 5.58. The molecule has 0 atom stereocenters. The minimum Gasteiger partial charge on any atom is -0.358 e. The molecular formula is C8H3ClF3N3O2. The van der Waals surface area contributed by atoms with Gasteiger partial charge in [0.05, 0.1) is 5.56 Å². The van der Waals surface area contributed by atoms with Crippen molar-refractivity contribution in [3.05, 3.63) is 39.2 Å². The highest BCUT2D eigenvalue weighted by Crippen LogP contribution is 2.33. The van der Waals surface area contributed by atoms with Crippen LogP contribution in [-0.2, 0) is 6.18 Å². The molecule has 0 fully saturated rings. The number of hydrogen-bond donors (Lipinski definition) is 0. The molecule has 0 aliphatic rings. The number of pyridine rings is 1. The number of imidazole rings is 1. The molecule has 2 aromatic heterocycles. The van der Waals surface area contributed by atoms with Crippen molar-refractivity contribution in [2.75, 3.05) is 0 Å². The Bertz CT molecular complexity index is 608. The van der Waals surface area contributed by atoms with Crippen LogP contribution in [0.1, 0.15) is 5.56 Å². The third-order valence-electron chi connectivity index (χ3n) is 2.06. The van der Waals surface area contributed by atoms with Gasteiger partial charge in [-0.3, -0.25) is 0 Å². The Morgan fingerprint density at radius 3 is 2.65 bits per heavy atom. The fourth-order valence-electron chi connectivity index (χ4n) is 1.32. The van der Waals surface area contributed by atoms with E-state index in [1.54, 1.807) is 0 Å². The van der Waals surface area contributed by atoms with Gasteiger partial charge in [0, 0.05) is 0 Å². The molecule has 0 spiro atoms. The summed E-state index contributed by atoms with van der Waals surface area (Å²) in [5.41, 5.74) is -1.16. The number of halogens is 4. The second kappa shape index (κ2) is 3.59. The van der Waals surface area contributed by atoms with Gasteiger partial charge in [-0.25, -0.2) is 4.98 Å². The highest BCUT2D eigenvalue weighted by Gasteiger charge is 2.34.